The predicted octanol–water partition coefficient (Wildman–Crippen LogP) is 5.13. The molecule has 26 heavy (non-hydrogen) atoms. The van der Waals surface area contributed by atoms with Crippen molar-refractivity contribution in [2.24, 2.45) is 0 Å². The first-order valence-corrected chi connectivity index (χ1v) is 9.67. The Morgan fingerprint density at radius 1 is 1.08 bits per heavy atom. The summed E-state index contributed by atoms with van der Waals surface area (Å²) in [6, 6.07) is 11.9. The molecule has 0 heterocycles. The summed E-state index contributed by atoms with van der Waals surface area (Å²) in [5.74, 6) is -0.688. The van der Waals surface area contributed by atoms with Crippen LogP contribution in [0.3, 0.4) is 0 Å². The van der Waals surface area contributed by atoms with Gasteiger partial charge in [-0.05, 0) is 49.1 Å². The Hall–Kier alpha value is -2.21. The highest BCUT2D eigenvalue weighted by atomic mass is 32.2. The van der Waals surface area contributed by atoms with Gasteiger partial charge in [0.1, 0.15) is 11.6 Å². The molecule has 0 aliphatic carbocycles. The lowest BCUT2D eigenvalue weighted by Gasteiger charge is -2.21. The van der Waals surface area contributed by atoms with E-state index in [0.29, 0.717) is 11.6 Å². The van der Waals surface area contributed by atoms with E-state index in [-0.39, 0.29) is 0 Å². The van der Waals surface area contributed by atoms with E-state index in [9.17, 15) is 8.78 Å². The standard InChI is InChI=1S/C20H25F2N3S/c1-4-25(5-2)17-9-6-15(7-10-17)20(23-3)13-26-14-24-19-11-8-16(21)12-18(19)22/h6-13,23-24H,4-5,14H2,1-3H3/b20-13-. The molecular formula is C20H25F2N3S. The summed E-state index contributed by atoms with van der Waals surface area (Å²) in [5.41, 5.74) is 3.57. The Bertz CT molecular complexity index is 728. The second kappa shape index (κ2) is 10.1. The van der Waals surface area contributed by atoms with Gasteiger partial charge in [0.2, 0.25) is 0 Å². The van der Waals surface area contributed by atoms with E-state index in [1.54, 1.807) is 0 Å². The van der Waals surface area contributed by atoms with Gasteiger partial charge in [-0.15, -0.1) is 11.8 Å². The number of hydrogen-bond acceptors (Lipinski definition) is 4. The molecule has 0 aliphatic rings. The SMILES string of the molecule is CCN(CC)c1ccc(/C(=C/SCNc2ccc(F)cc2F)NC)cc1. The monoisotopic (exact) mass is 377 g/mol. The van der Waals surface area contributed by atoms with Crippen molar-refractivity contribution in [2.45, 2.75) is 13.8 Å². The largest absolute Gasteiger partial charge is 0.387 e. The maximum absolute atomic E-state index is 13.6. The van der Waals surface area contributed by atoms with Gasteiger partial charge in [0.05, 0.1) is 11.6 Å². The van der Waals surface area contributed by atoms with Gasteiger partial charge in [0, 0.05) is 37.6 Å². The number of anilines is 2. The molecule has 2 aromatic rings. The zero-order valence-corrected chi connectivity index (χ0v) is 16.2. The number of hydrogen-bond donors (Lipinski definition) is 2. The lowest BCUT2D eigenvalue weighted by atomic mass is 10.1. The highest BCUT2D eigenvalue weighted by molar-refractivity contribution is 8.02. The summed E-state index contributed by atoms with van der Waals surface area (Å²) in [6.07, 6.45) is 0. The van der Waals surface area contributed by atoms with Gasteiger partial charge in [0.25, 0.3) is 0 Å². The van der Waals surface area contributed by atoms with Crippen LogP contribution in [0.5, 0.6) is 0 Å². The van der Waals surface area contributed by atoms with Crippen molar-refractivity contribution in [3.63, 3.8) is 0 Å². The molecule has 2 rings (SSSR count). The number of thioether (sulfide) groups is 1. The second-order valence-corrected chi connectivity index (χ2v) is 6.47. The number of rotatable bonds is 9. The van der Waals surface area contributed by atoms with E-state index in [0.717, 1.165) is 30.4 Å². The maximum atomic E-state index is 13.6. The second-order valence-electron chi connectivity index (χ2n) is 5.61. The molecule has 0 saturated carbocycles. The average Bonchev–Trinajstić information content (AvgIpc) is 2.65. The quantitative estimate of drug-likeness (QED) is 0.468. The fraction of sp³-hybridized carbons (Fsp3) is 0.300. The van der Waals surface area contributed by atoms with Gasteiger partial charge in [-0.3, -0.25) is 0 Å². The first kappa shape index (κ1) is 20.1. The van der Waals surface area contributed by atoms with Crippen LogP contribution in [0.25, 0.3) is 5.70 Å². The van der Waals surface area contributed by atoms with Crippen LogP contribution in [0.4, 0.5) is 20.2 Å². The third kappa shape index (κ3) is 5.39. The van der Waals surface area contributed by atoms with Crippen molar-refractivity contribution < 1.29 is 8.78 Å². The zero-order valence-electron chi connectivity index (χ0n) is 15.4. The van der Waals surface area contributed by atoms with Gasteiger partial charge < -0.3 is 15.5 Å². The molecule has 0 amide bonds. The molecule has 0 spiro atoms. The first-order valence-electron chi connectivity index (χ1n) is 8.62. The average molecular weight is 378 g/mol. The van der Waals surface area contributed by atoms with Crippen LogP contribution in [0, 0.1) is 11.6 Å². The summed E-state index contributed by atoms with van der Waals surface area (Å²) in [7, 11) is 1.87. The van der Waals surface area contributed by atoms with E-state index in [1.807, 2.05) is 12.5 Å². The lowest BCUT2D eigenvalue weighted by Crippen LogP contribution is -2.21. The predicted molar refractivity (Wildman–Crippen MR) is 109 cm³/mol. The van der Waals surface area contributed by atoms with E-state index in [4.69, 9.17) is 0 Å². The van der Waals surface area contributed by atoms with Crippen molar-refractivity contribution in [1.82, 2.24) is 5.32 Å². The Morgan fingerprint density at radius 3 is 2.35 bits per heavy atom. The summed E-state index contributed by atoms with van der Waals surface area (Å²) in [6.45, 7) is 6.24. The minimum absolute atomic E-state index is 0.293. The van der Waals surface area contributed by atoms with E-state index in [1.165, 1.54) is 29.6 Å². The fourth-order valence-corrected chi connectivity index (χ4v) is 3.33. The molecule has 2 aromatic carbocycles. The maximum Gasteiger partial charge on any atom is 0.149 e. The molecule has 0 fully saturated rings. The highest BCUT2D eigenvalue weighted by Gasteiger charge is 2.05. The normalized spacial score (nSPS) is 11.3. The van der Waals surface area contributed by atoms with E-state index < -0.39 is 11.6 Å². The van der Waals surface area contributed by atoms with Crippen LogP contribution >= 0.6 is 11.8 Å². The molecule has 0 unspecified atom stereocenters. The molecule has 0 aliphatic heterocycles. The van der Waals surface area contributed by atoms with Gasteiger partial charge in [0.15, 0.2) is 0 Å². The van der Waals surface area contributed by atoms with Crippen molar-refractivity contribution in [1.29, 1.82) is 0 Å². The Morgan fingerprint density at radius 2 is 1.77 bits per heavy atom. The number of nitrogens with one attached hydrogen (secondary N) is 2. The minimum atomic E-state index is -0.588. The molecule has 0 radical (unpaired) electrons. The minimum Gasteiger partial charge on any atom is -0.387 e. The highest BCUT2D eigenvalue weighted by Crippen LogP contribution is 2.21. The molecule has 6 heteroatoms. The summed E-state index contributed by atoms with van der Waals surface area (Å²) in [4.78, 5) is 2.29. The van der Waals surface area contributed by atoms with Gasteiger partial charge in [-0.2, -0.15) is 0 Å². The fourth-order valence-electron chi connectivity index (χ4n) is 2.59. The van der Waals surface area contributed by atoms with Gasteiger partial charge in [-0.1, -0.05) is 12.1 Å². The van der Waals surface area contributed by atoms with Crippen LogP contribution in [0.15, 0.2) is 47.9 Å². The molecule has 0 bridgehead atoms. The molecule has 0 saturated heterocycles. The molecule has 140 valence electrons. The van der Waals surface area contributed by atoms with E-state index in [2.05, 4.69) is 53.6 Å². The zero-order chi connectivity index (χ0) is 18.9. The Kier molecular flexibility index (Phi) is 7.78. The smallest absolute Gasteiger partial charge is 0.149 e. The third-order valence-electron chi connectivity index (χ3n) is 4.05. The van der Waals surface area contributed by atoms with Crippen molar-refractivity contribution in [3.8, 4) is 0 Å². The van der Waals surface area contributed by atoms with Crippen LogP contribution < -0.4 is 15.5 Å². The van der Waals surface area contributed by atoms with Gasteiger partial charge in [-0.25, -0.2) is 8.78 Å². The number of nitrogens with zero attached hydrogens (tertiary/aromatic N) is 1. The molecular weight excluding hydrogens is 352 g/mol. The topological polar surface area (TPSA) is 27.3 Å². The van der Waals surface area contributed by atoms with Crippen LogP contribution in [-0.2, 0) is 0 Å². The molecule has 2 N–H and O–H groups in total. The van der Waals surface area contributed by atoms with Crippen LogP contribution in [0.2, 0.25) is 0 Å². The summed E-state index contributed by atoms with van der Waals surface area (Å²) >= 11 is 1.50. The third-order valence-corrected chi connectivity index (χ3v) is 4.77. The molecule has 0 atom stereocenters. The summed E-state index contributed by atoms with van der Waals surface area (Å²) < 4.78 is 26.5. The Balaban J connectivity index is 1.97. The lowest BCUT2D eigenvalue weighted by molar-refractivity contribution is 0.585. The van der Waals surface area contributed by atoms with Gasteiger partial charge >= 0.3 is 0 Å². The number of benzene rings is 2. The van der Waals surface area contributed by atoms with Crippen molar-refractivity contribution in [3.05, 3.63) is 65.1 Å². The molecule has 0 aromatic heterocycles. The number of halogens is 2. The van der Waals surface area contributed by atoms with Crippen molar-refractivity contribution >= 4 is 28.8 Å². The van der Waals surface area contributed by atoms with Crippen LogP contribution in [0.1, 0.15) is 19.4 Å². The van der Waals surface area contributed by atoms with Crippen molar-refractivity contribution in [2.75, 3.05) is 36.2 Å². The summed E-state index contributed by atoms with van der Waals surface area (Å²) in [5, 5.41) is 8.13. The molecule has 3 nitrogen and oxygen atoms in total. The van der Waals surface area contributed by atoms with E-state index >= 15 is 0 Å². The first-order chi connectivity index (χ1) is 12.6. The Labute approximate surface area is 158 Å². The van der Waals surface area contributed by atoms with Crippen LogP contribution in [-0.4, -0.2) is 26.0 Å².